The molecule has 1 aromatic rings. The molecule has 0 unspecified atom stereocenters. The van der Waals surface area contributed by atoms with Crippen LogP contribution in [0.15, 0.2) is 30.4 Å². The highest BCUT2D eigenvalue weighted by molar-refractivity contribution is 5.97. The number of aliphatic hydroxyl groups excluding tert-OH is 2. The Labute approximate surface area is 165 Å². The summed E-state index contributed by atoms with van der Waals surface area (Å²) in [5.74, 6) is -0.910. The number of unbranched alkanes of at least 4 members (excludes halogenated alkanes) is 1. The molecule has 152 valence electrons. The molecule has 0 aliphatic carbocycles. The normalized spacial score (nSPS) is 21.1. The first kappa shape index (κ1) is 21.9. The molecule has 6 nitrogen and oxygen atoms in total. The number of phenolic OH excluding ortho intramolecular Hbond substituents is 1. The smallest absolute Gasteiger partial charge is 0.343 e. The van der Waals surface area contributed by atoms with E-state index in [1.54, 1.807) is 37.3 Å². The Hall–Kier alpha value is -2.44. The van der Waals surface area contributed by atoms with Crippen molar-refractivity contribution < 1.29 is 29.6 Å². The number of aryl methyl sites for hydroxylation is 1. The van der Waals surface area contributed by atoms with Crippen LogP contribution in [-0.2, 0) is 16.0 Å². The van der Waals surface area contributed by atoms with Crippen molar-refractivity contribution in [2.24, 2.45) is 0 Å². The van der Waals surface area contributed by atoms with Crippen LogP contribution in [0.25, 0.3) is 6.08 Å². The Morgan fingerprint density at radius 3 is 2.71 bits per heavy atom. The van der Waals surface area contributed by atoms with Crippen LogP contribution in [0.1, 0.15) is 60.5 Å². The van der Waals surface area contributed by atoms with Gasteiger partial charge in [0.15, 0.2) is 0 Å². The van der Waals surface area contributed by atoms with Crippen molar-refractivity contribution in [3.8, 4) is 5.75 Å². The minimum Gasteiger partial charge on any atom is -0.507 e. The summed E-state index contributed by atoms with van der Waals surface area (Å²) in [4.78, 5) is 24.6. The molecule has 1 aromatic carbocycles. The fraction of sp³-hybridized carbons (Fsp3) is 0.455. The maximum Gasteiger partial charge on any atom is 0.343 e. The van der Waals surface area contributed by atoms with Crippen LogP contribution in [0.3, 0.4) is 0 Å². The molecular weight excluding hydrogens is 360 g/mol. The molecule has 0 amide bonds. The van der Waals surface area contributed by atoms with E-state index >= 15 is 0 Å². The standard InChI is InChI=1S/C22H28O6/c1-15-6-4-8-17(24)14-18(25)9-5-10-19-16(7-2-3-13-23)11-12-20(26)21(19)22(27)28-15/h4-6,10-12,15,18,23,25-26H,2-3,7-9,13-14H2,1H3/t15-,18-/m0/s1. The van der Waals surface area contributed by atoms with Crippen LogP contribution in [0, 0.1) is 0 Å². The summed E-state index contributed by atoms with van der Waals surface area (Å²) in [6, 6.07) is 3.22. The van der Waals surface area contributed by atoms with E-state index in [1.165, 1.54) is 6.07 Å². The van der Waals surface area contributed by atoms with Crippen molar-refractivity contribution >= 4 is 17.8 Å². The number of phenols is 1. The van der Waals surface area contributed by atoms with Crippen LogP contribution in [0.5, 0.6) is 5.75 Å². The molecule has 0 bridgehead atoms. The number of ether oxygens (including phenoxy) is 1. The zero-order valence-electron chi connectivity index (χ0n) is 16.1. The van der Waals surface area contributed by atoms with E-state index < -0.39 is 18.2 Å². The van der Waals surface area contributed by atoms with Crippen LogP contribution in [-0.4, -0.2) is 45.9 Å². The summed E-state index contributed by atoms with van der Waals surface area (Å²) in [7, 11) is 0. The maximum absolute atomic E-state index is 12.7. The Balaban J connectivity index is 2.43. The zero-order valence-corrected chi connectivity index (χ0v) is 16.1. The number of carbonyl (C=O) groups is 2. The molecule has 1 heterocycles. The van der Waals surface area contributed by atoms with Crippen LogP contribution < -0.4 is 0 Å². The van der Waals surface area contributed by atoms with Crippen LogP contribution in [0.4, 0.5) is 0 Å². The molecule has 0 aromatic heterocycles. The topological polar surface area (TPSA) is 104 Å². The van der Waals surface area contributed by atoms with Gasteiger partial charge < -0.3 is 20.1 Å². The summed E-state index contributed by atoms with van der Waals surface area (Å²) in [5, 5.41) is 29.4. The van der Waals surface area contributed by atoms with Gasteiger partial charge >= 0.3 is 5.97 Å². The molecule has 0 spiro atoms. The summed E-state index contributed by atoms with van der Waals surface area (Å²) in [6.07, 6.45) is 7.72. The summed E-state index contributed by atoms with van der Waals surface area (Å²) in [6.45, 7) is 1.76. The van der Waals surface area contributed by atoms with E-state index in [4.69, 9.17) is 9.84 Å². The molecule has 0 saturated carbocycles. The van der Waals surface area contributed by atoms with Gasteiger partial charge in [-0.05, 0) is 55.9 Å². The van der Waals surface area contributed by atoms with Crippen LogP contribution in [0.2, 0.25) is 0 Å². The molecule has 0 radical (unpaired) electrons. The second-order valence-electron chi connectivity index (χ2n) is 6.99. The molecule has 1 aliphatic heterocycles. The number of aliphatic hydroxyl groups is 2. The quantitative estimate of drug-likeness (QED) is 0.416. The number of aromatic hydroxyl groups is 1. The van der Waals surface area contributed by atoms with Gasteiger partial charge in [0.2, 0.25) is 0 Å². The molecule has 2 atom stereocenters. The Bertz CT molecular complexity index is 750. The Morgan fingerprint density at radius 1 is 1.18 bits per heavy atom. The summed E-state index contributed by atoms with van der Waals surface area (Å²) in [5.41, 5.74) is 1.46. The van der Waals surface area contributed by atoms with E-state index in [0.29, 0.717) is 18.4 Å². The van der Waals surface area contributed by atoms with Gasteiger partial charge in [0.25, 0.3) is 0 Å². The number of cyclic esters (lactones) is 1. The van der Waals surface area contributed by atoms with Gasteiger partial charge in [-0.15, -0.1) is 0 Å². The minimum absolute atomic E-state index is 0.0547. The highest BCUT2D eigenvalue weighted by atomic mass is 16.5. The predicted octanol–water partition coefficient (Wildman–Crippen LogP) is 2.94. The number of ketones is 1. The van der Waals surface area contributed by atoms with Crippen molar-refractivity contribution in [3.05, 3.63) is 47.1 Å². The fourth-order valence-electron chi connectivity index (χ4n) is 3.13. The van der Waals surface area contributed by atoms with E-state index in [-0.39, 0.29) is 43.0 Å². The van der Waals surface area contributed by atoms with Gasteiger partial charge in [0, 0.05) is 19.4 Å². The number of allylic oxidation sites excluding steroid dienone is 1. The van der Waals surface area contributed by atoms with Crippen molar-refractivity contribution in [1.29, 1.82) is 0 Å². The van der Waals surface area contributed by atoms with Gasteiger partial charge in [-0.25, -0.2) is 4.79 Å². The average Bonchev–Trinajstić information content (AvgIpc) is 2.62. The number of benzene rings is 1. The third-order valence-electron chi connectivity index (χ3n) is 4.57. The van der Waals surface area contributed by atoms with Gasteiger partial charge in [-0.1, -0.05) is 24.3 Å². The van der Waals surface area contributed by atoms with Gasteiger partial charge in [0.1, 0.15) is 23.2 Å². The number of esters is 1. The third-order valence-corrected chi connectivity index (χ3v) is 4.57. The molecule has 1 aliphatic rings. The van der Waals surface area contributed by atoms with Gasteiger partial charge in [-0.2, -0.15) is 0 Å². The highest BCUT2D eigenvalue weighted by Gasteiger charge is 2.21. The minimum atomic E-state index is -0.803. The van der Waals surface area contributed by atoms with Crippen molar-refractivity contribution in [2.45, 2.75) is 57.7 Å². The first-order valence-corrected chi connectivity index (χ1v) is 9.62. The lowest BCUT2D eigenvalue weighted by Crippen LogP contribution is -2.16. The first-order valence-electron chi connectivity index (χ1n) is 9.62. The first-order chi connectivity index (χ1) is 13.4. The van der Waals surface area contributed by atoms with E-state index in [9.17, 15) is 19.8 Å². The van der Waals surface area contributed by atoms with E-state index in [0.717, 1.165) is 12.0 Å². The van der Waals surface area contributed by atoms with Gasteiger partial charge in [0.05, 0.1) is 6.10 Å². The van der Waals surface area contributed by atoms with Crippen molar-refractivity contribution in [2.75, 3.05) is 6.61 Å². The molecule has 6 heteroatoms. The molecule has 2 rings (SSSR count). The molecule has 0 saturated heterocycles. The highest BCUT2D eigenvalue weighted by Crippen LogP contribution is 2.29. The number of fused-ring (bicyclic) bond motifs is 1. The number of rotatable bonds is 4. The van der Waals surface area contributed by atoms with Crippen molar-refractivity contribution in [3.63, 3.8) is 0 Å². The second-order valence-corrected chi connectivity index (χ2v) is 6.99. The SMILES string of the molecule is C[C@H]1C=CCC(=O)C[C@@H](O)CC=Cc2c(CCCCO)ccc(O)c2C(=O)O1. The number of carbonyl (C=O) groups excluding carboxylic acids is 2. The molecule has 28 heavy (non-hydrogen) atoms. The molecular formula is C22H28O6. The monoisotopic (exact) mass is 388 g/mol. The van der Waals surface area contributed by atoms with Gasteiger partial charge in [-0.3, -0.25) is 4.79 Å². The Kier molecular flexibility index (Phi) is 8.42. The van der Waals surface area contributed by atoms with E-state index in [1.807, 2.05) is 0 Å². The lowest BCUT2D eigenvalue weighted by Gasteiger charge is -2.16. The largest absolute Gasteiger partial charge is 0.507 e. The summed E-state index contributed by atoms with van der Waals surface area (Å²) < 4.78 is 5.42. The molecule has 3 N–H and O–H groups in total. The Morgan fingerprint density at radius 2 is 1.96 bits per heavy atom. The fourth-order valence-corrected chi connectivity index (χ4v) is 3.13. The number of hydrogen-bond donors (Lipinski definition) is 3. The number of hydrogen-bond acceptors (Lipinski definition) is 6. The molecule has 0 fully saturated rings. The van der Waals surface area contributed by atoms with Crippen molar-refractivity contribution in [1.82, 2.24) is 0 Å². The summed E-state index contributed by atoms with van der Waals surface area (Å²) >= 11 is 0. The zero-order chi connectivity index (χ0) is 20.5. The van der Waals surface area contributed by atoms with E-state index in [2.05, 4.69) is 0 Å². The van der Waals surface area contributed by atoms with Crippen LogP contribution >= 0.6 is 0 Å². The number of Topliss-reactive ketones (excluding diaryl/α,β-unsaturated/α-hetero) is 1. The lowest BCUT2D eigenvalue weighted by molar-refractivity contribution is -0.120. The third kappa shape index (κ3) is 6.32. The predicted molar refractivity (Wildman–Crippen MR) is 106 cm³/mol. The maximum atomic E-state index is 12.7. The second kappa shape index (κ2) is 10.8. The lowest BCUT2D eigenvalue weighted by atomic mass is 9.95. The average molecular weight is 388 g/mol.